The highest BCUT2D eigenvalue weighted by Crippen LogP contribution is 2.36. The van der Waals surface area contributed by atoms with Crippen molar-refractivity contribution in [2.45, 2.75) is 82.3 Å². The number of nitrogens with zero attached hydrogens (tertiary/aromatic N) is 1. The largest absolute Gasteiger partial charge is 0.394 e. The van der Waals surface area contributed by atoms with Gasteiger partial charge < -0.3 is 15.3 Å². The van der Waals surface area contributed by atoms with Gasteiger partial charge in [0.15, 0.2) is 0 Å². The molecule has 0 amide bonds. The molecule has 2 unspecified atom stereocenters. The molecule has 0 bridgehead atoms. The summed E-state index contributed by atoms with van der Waals surface area (Å²) < 4.78 is 0. The zero-order chi connectivity index (χ0) is 14.0. The van der Waals surface area contributed by atoms with Gasteiger partial charge in [0.05, 0.1) is 6.61 Å². The number of rotatable bonds is 7. The van der Waals surface area contributed by atoms with Crippen LogP contribution >= 0.6 is 0 Å². The first-order chi connectivity index (χ1) is 9.74. The van der Waals surface area contributed by atoms with Crippen molar-refractivity contribution in [3.05, 3.63) is 0 Å². The molecule has 3 heteroatoms. The third-order valence-electron chi connectivity index (χ3n) is 5.85. The van der Waals surface area contributed by atoms with Gasteiger partial charge >= 0.3 is 0 Å². The molecule has 0 aromatic rings. The normalized spacial score (nSPS) is 35.2. The highest BCUT2D eigenvalue weighted by molar-refractivity contribution is 5.00. The van der Waals surface area contributed by atoms with E-state index in [2.05, 4.69) is 17.1 Å². The highest BCUT2D eigenvalue weighted by Gasteiger charge is 2.41. The van der Waals surface area contributed by atoms with Crippen LogP contribution in [0, 0.1) is 5.92 Å². The van der Waals surface area contributed by atoms with E-state index in [0.29, 0.717) is 18.7 Å². The molecule has 116 valence electrons. The van der Waals surface area contributed by atoms with Gasteiger partial charge in [0, 0.05) is 24.2 Å². The van der Waals surface area contributed by atoms with Crippen LogP contribution in [0.2, 0.25) is 0 Å². The molecular formula is C17H32N2O. The standard InChI is InChI=1S/C17H32N2O/c1-2-19(12-14-5-3-6-14)16-7-4-10-17(11-16,13-20)18-15-8-9-15/h14-16,18,20H,2-13H2,1H3. The Balaban J connectivity index is 1.59. The van der Waals surface area contributed by atoms with Crippen molar-refractivity contribution in [2.24, 2.45) is 5.92 Å². The number of aliphatic hydroxyl groups is 1. The third-order valence-corrected chi connectivity index (χ3v) is 5.85. The molecule has 20 heavy (non-hydrogen) atoms. The summed E-state index contributed by atoms with van der Waals surface area (Å²) in [5, 5.41) is 13.7. The van der Waals surface area contributed by atoms with E-state index in [1.54, 1.807) is 0 Å². The van der Waals surface area contributed by atoms with Crippen molar-refractivity contribution in [2.75, 3.05) is 19.7 Å². The van der Waals surface area contributed by atoms with Crippen LogP contribution in [0.5, 0.6) is 0 Å². The molecule has 0 aromatic carbocycles. The average Bonchev–Trinajstić information content (AvgIpc) is 3.22. The van der Waals surface area contributed by atoms with Crippen molar-refractivity contribution in [1.29, 1.82) is 0 Å². The molecule has 3 saturated carbocycles. The van der Waals surface area contributed by atoms with Gasteiger partial charge in [0.25, 0.3) is 0 Å². The third kappa shape index (κ3) is 3.37. The molecule has 2 atom stereocenters. The summed E-state index contributed by atoms with van der Waals surface area (Å²) in [5.74, 6) is 0.955. The Labute approximate surface area is 124 Å². The van der Waals surface area contributed by atoms with Crippen molar-refractivity contribution in [3.8, 4) is 0 Å². The van der Waals surface area contributed by atoms with Gasteiger partial charge in [-0.2, -0.15) is 0 Å². The molecule has 3 rings (SSSR count). The SMILES string of the molecule is CCN(CC1CCC1)C1CCCC(CO)(NC2CC2)C1. The lowest BCUT2D eigenvalue weighted by Gasteiger charge is -2.46. The lowest BCUT2D eigenvalue weighted by atomic mass is 9.77. The summed E-state index contributed by atoms with van der Waals surface area (Å²) >= 11 is 0. The van der Waals surface area contributed by atoms with Crippen molar-refractivity contribution in [3.63, 3.8) is 0 Å². The van der Waals surface area contributed by atoms with E-state index in [1.165, 1.54) is 58.0 Å². The fourth-order valence-corrected chi connectivity index (χ4v) is 4.17. The molecule has 0 saturated heterocycles. The Morgan fingerprint density at radius 2 is 1.95 bits per heavy atom. The van der Waals surface area contributed by atoms with E-state index in [4.69, 9.17) is 0 Å². The average molecular weight is 280 g/mol. The molecule has 0 radical (unpaired) electrons. The van der Waals surface area contributed by atoms with E-state index in [-0.39, 0.29) is 5.54 Å². The summed E-state index contributed by atoms with van der Waals surface area (Å²) in [5.41, 5.74) is 0.0249. The van der Waals surface area contributed by atoms with Crippen LogP contribution in [0.3, 0.4) is 0 Å². The minimum atomic E-state index is 0.0249. The molecule has 0 spiro atoms. The minimum Gasteiger partial charge on any atom is -0.394 e. The lowest BCUT2D eigenvalue weighted by molar-refractivity contribution is 0.0460. The van der Waals surface area contributed by atoms with Crippen LogP contribution in [-0.4, -0.2) is 47.3 Å². The Bertz CT molecular complexity index is 314. The van der Waals surface area contributed by atoms with E-state index >= 15 is 0 Å². The Morgan fingerprint density at radius 1 is 1.15 bits per heavy atom. The fourth-order valence-electron chi connectivity index (χ4n) is 4.17. The maximum Gasteiger partial charge on any atom is 0.0613 e. The van der Waals surface area contributed by atoms with Gasteiger partial charge in [-0.25, -0.2) is 0 Å². The van der Waals surface area contributed by atoms with Crippen molar-refractivity contribution < 1.29 is 5.11 Å². The Kier molecular flexibility index (Phi) is 4.68. The van der Waals surface area contributed by atoms with Gasteiger partial charge in [0.1, 0.15) is 0 Å². The molecule has 0 aromatic heterocycles. The van der Waals surface area contributed by atoms with Crippen LogP contribution in [0.15, 0.2) is 0 Å². The van der Waals surface area contributed by atoms with Crippen LogP contribution in [-0.2, 0) is 0 Å². The maximum absolute atomic E-state index is 9.95. The number of hydrogen-bond acceptors (Lipinski definition) is 3. The molecule has 2 N–H and O–H groups in total. The molecule has 3 fully saturated rings. The minimum absolute atomic E-state index is 0.0249. The topological polar surface area (TPSA) is 35.5 Å². The van der Waals surface area contributed by atoms with Gasteiger partial charge in [-0.15, -0.1) is 0 Å². The summed E-state index contributed by atoms with van der Waals surface area (Å²) in [6.07, 6.45) is 11.9. The monoisotopic (exact) mass is 280 g/mol. The number of nitrogens with one attached hydrogen (secondary N) is 1. The second-order valence-corrected chi connectivity index (χ2v) is 7.49. The second kappa shape index (κ2) is 6.33. The first-order valence-electron chi connectivity index (χ1n) is 8.87. The van der Waals surface area contributed by atoms with E-state index in [0.717, 1.165) is 18.8 Å². The highest BCUT2D eigenvalue weighted by atomic mass is 16.3. The smallest absolute Gasteiger partial charge is 0.0613 e. The van der Waals surface area contributed by atoms with E-state index < -0.39 is 0 Å². The van der Waals surface area contributed by atoms with Crippen molar-refractivity contribution >= 4 is 0 Å². The molecular weight excluding hydrogens is 248 g/mol. The van der Waals surface area contributed by atoms with Crippen LogP contribution in [0.4, 0.5) is 0 Å². The predicted octanol–water partition coefficient (Wildman–Crippen LogP) is 2.53. The summed E-state index contributed by atoms with van der Waals surface area (Å²) in [4.78, 5) is 2.71. The number of aliphatic hydroxyl groups excluding tert-OH is 1. The van der Waals surface area contributed by atoms with Crippen LogP contribution in [0.1, 0.15) is 64.7 Å². The van der Waals surface area contributed by atoms with E-state index in [9.17, 15) is 5.11 Å². The van der Waals surface area contributed by atoms with Crippen LogP contribution in [0.25, 0.3) is 0 Å². The molecule has 0 heterocycles. The van der Waals surface area contributed by atoms with Gasteiger partial charge in [-0.05, 0) is 63.8 Å². The Hall–Kier alpha value is -0.120. The first-order valence-corrected chi connectivity index (χ1v) is 8.87. The van der Waals surface area contributed by atoms with Gasteiger partial charge in [0.2, 0.25) is 0 Å². The molecule has 3 nitrogen and oxygen atoms in total. The van der Waals surface area contributed by atoms with Gasteiger partial charge in [-0.3, -0.25) is 0 Å². The van der Waals surface area contributed by atoms with E-state index in [1.807, 2.05) is 0 Å². The number of hydrogen-bond donors (Lipinski definition) is 2. The maximum atomic E-state index is 9.95. The quantitative estimate of drug-likeness (QED) is 0.752. The van der Waals surface area contributed by atoms with Gasteiger partial charge in [-0.1, -0.05) is 13.3 Å². The molecule has 3 aliphatic rings. The molecule has 0 aliphatic heterocycles. The van der Waals surface area contributed by atoms with Crippen molar-refractivity contribution in [1.82, 2.24) is 10.2 Å². The summed E-state index contributed by atoms with van der Waals surface area (Å²) in [6, 6.07) is 1.38. The molecule has 3 aliphatic carbocycles. The first kappa shape index (κ1) is 14.8. The zero-order valence-corrected chi connectivity index (χ0v) is 13.1. The summed E-state index contributed by atoms with van der Waals surface area (Å²) in [6.45, 7) is 5.10. The second-order valence-electron chi connectivity index (χ2n) is 7.49. The fraction of sp³-hybridized carbons (Fsp3) is 1.00. The predicted molar refractivity (Wildman–Crippen MR) is 82.8 cm³/mol. The zero-order valence-electron chi connectivity index (χ0n) is 13.1. The lowest BCUT2D eigenvalue weighted by Crippen LogP contribution is -2.57. The van der Waals surface area contributed by atoms with Crippen LogP contribution < -0.4 is 5.32 Å². The summed E-state index contributed by atoms with van der Waals surface area (Å²) in [7, 11) is 0. The Morgan fingerprint density at radius 3 is 2.50 bits per heavy atom.